The fraction of sp³-hybridized carbons (Fsp3) is 1.00. The molecule has 0 aromatic rings. The van der Waals surface area contributed by atoms with E-state index in [1.807, 2.05) is 6.92 Å². The quantitative estimate of drug-likeness (QED) is 0.470. The molecule has 0 aromatic carbocycles. The van der Waals surface area contributed by atoms with Gasteiger partial charge in [0.05, 0.1) is 0 Å². The van der Waals surface area contributed by atoms with Gasteiger partial charge < -0.3 is 5.11 Å². The summed E-state index contributed by atoms with van der Waals surface area (Å²) in [5, 5.41) is 9.07. The Bertz CT molecular complexity index is 75.8. The molecule has 0 saturated carbocycles. The van der Waals surface area contributed by atoms with Gasteiger partial charge in [0.1, 0.15) is 0 Å². The molecular weight excluding hydrogens is 140 g/mol. The summed E-state index contributed by atoms with van der Waals surface area (Å²) >= 11 is 0. The molecule has 0 saturated heterocycles. The first-order valence-electron chi connectivity index (χ1n) is 4.28. The van der Waals surface area contributed by atoms with E-state index in [0.29, 0.717) is 0 Å². The fourth-order valence-corrected chi connectivity index (χ4v) is 1.34. The van der Waals surface area contributed by atoms with Crippen LogP contribution < -0.4 is 0 Å². The topological polar surface area (TPSA) is 20.2 Å². The van der Waals surface area contributed by atoms with Crippen LogP contribution in [0.3, 0.4) is 0 Å². The molecule has 62 valence electrons. The Morgan fingerprint density at radius 1 is 1.30 bits per heavy atom. The Morgan fingerprint density at radius 2 is 1.90 bits per heavy atom. The molecule has 0 amide bonds. The van der Waals surface area contributed by atoms with E-state index in [2.05, 4.69) is 6.92 Å². The Labute approximate surface area is 67.3 Å². The maximum atomic E-state index is 9.38. The zero-order valence-corrected chi connectivity index (χ0v) is 9.48. The summed E-state index contributed by atoms with van der Waals surface area (Å²) in [7, 11) is 0.902. The van der Waals surface area contributed by atoms with Crippen LogP contribution in [0.5, 0.6) is 0 Å². The third-order valence-corrected chi connectivity index (χ3v) is 2.14. The normalized spacial score (nSPS) is 17.1. The zero-order valence-electron chi connectivity index (χ0n) is 7.48. The van der Waals surface area contributed by atoms with Crippen LogP contribution in [0.25, 0.3) is 0 Å². The molecule has 0 aliphatic rings. The minimum absolute atomic E-state index is 0.312. The lowest BCUT2D eigenvalue weighted by Gasteiger charge is -2.16. The number of hydrogen-bond donors (Lipinski definition) is 1. The number of aliphatic hydroxyl groups is 1. The van der Waals surface area contributed by atoms with Gasteiger partial charge in [-0.3, -0.25) is 0 Å². The van der Waals surface area contributed by atoms with Crippen molar-refractivity contribution in [3.63, 3.8) is 0 Å². The van der Waals surface area contributed by atoms with Crippen LogP contribution in [0, 0.1) is 0 Å². The highest BCUT2D eigenvalue weighted by Crippen LogP contribution is 2.10. The van der Waals surface area contributed by atoms with Crippen molar-refractivity contribution in [1.82, 2.24) is 0 Å². The van der Waals surface area contributed by atoms with E-state index in [0.717, 1.165) is 16.7 Å². The van der Waals surface area contributed by atoms with Crippen LogP contribution in [0.15, 0.2) is 0 Å². The van der Waals surface area contributed by atoms with E-state index in [1.54, 1.807) is 0 Å². The lowest BCUT2D eigenvalue weighted by atomic mass is 10.1. The van der Waals surface area contributed by atoms with Crippen molar-refractivity contribution in [3.8, 4) is 0 Å². The molecule has 1 atom stereocenters. The lowest BCUT2D eigenvalue weighted by Crippen LogP contribution is -2.23. The van der Waals surface area contributed by atoms with Gasteiger partial charge in [-0.25, -0.2) is 0 Å². The predicted octanol–water partition coefficient (Wildman–Crippen LogP) is 1.03. The van der Waals surface area contributed by atoms with E-state index >= 15 is 0 Å². The van der Waals surface area contributed by atoms with Crippen molar-refractivity contribution >= 4 is 10.2 Å². The van der Waals surface area contributed by atoms with E-state index < -0.39 is 0 Å². The first kappa shape index (κ1) is 10.2. The van der Waals surface area contributed by atoms with E-state index in [-0.39, 0.29) is 5.22 Å². The standard InChI is InChI=1S/C8H20OSi/c1-3-4-5-6-7-8(2,9)10/h9H,3-7H2,1-2,10H3. The van der Waals surface area contributed by atoms with E-state index in [9.17, 15) is 5.11 Å². The van der Waals surface area contributed by atoms with Crippen LogP contribution >= 0.6 is 0 Å². The van der Waals surface area contributed by atoms with Gasteiger partial charge in [-0.1, -0.05) is 32.6 Å². The van der Waals surface area contributed by atoms with E-state index in [1.165, 1.54) is 25.7 Å². The van der Waals surface area contributed by atoms with Crippen LogP contribution in [0.4, 0.5) is 0 Å². The smallest absolute Gasteiger partial charge is 0.0424 e. The SMILES string of the molecule is CCCCCCC(C)(O)[SiH3]. The molecule has 0 aliphatic heterocycles. The van der Waals surface area contributed by atoms with Crippen molar-refractivity contribution in [2.75, 3.05) is 0 Å². The molecule has 2 heteroatoms. The Morgan fingerprint density at radius 3 is 2.30 bits per heavy atom. The first-order valence-corrected chi connectivity index (χ1v) is 5.28. The summed E-state index contributed by atoms with van der Waals surface area (Å²) in [5.74, 6) is 0. The van der Waals surface area contributed by atoms with Crippen molar-refractivity contribution in [3.05, 3.63) is 0 Å². The average Bonchev–Trinajstić information content (AvgIpc) is 1.78. The summed E-state index contributed by atoms with van der Waals surface area (Å²) in [6.45, 7) is 4.14. The zero-order chi connectivity index (χ0) is 8.04. The van der Waals surface area contributed by atoms with Gasteiger partial charge in [0, 0.05) is 15.5 Å². The van der Waals surface area contributed by atoms with Crippen LogP contribution in [0.2, 0.25) is 0 Å². The third-order valence-electron chi connectivity index (χ3n) is 1.64. The number of hydrogen-bond acceptors (Lipinski definition) is 1. The molecule has 0 aliphatic carbocycles. The second kappa shape index (κ2) is 4.91. The minimum Gasteiger partial charge on any atom is -0.395 e. The summed E-state index contributed by atoms with van der Waals surface area (Å²) in [4.78, 5) is 0. The first-order chi connectivity index (χ1) is 4.56. The monoisotopic (exact) mass is 160 g/mol. The minimum atomic E-state index is -0.312. The highest BCUT2D eigenvalue weighted by molar-refractivity contribution is 6.13. The number of unbranched alkanes of at least 4 members (excludes halogenated alkanes) is 3. The maximum absolute atomic E-state index is 9.38. The van der Waals surface area contributed by atoms with Crippen molar-refractivity contribution in [1.29, 1.82) is 0 Å². The molecule has 0 heterocycles. The Kier molecular flexibility index (Phi) is 5.00. The van der Waals surface area contributed by atoms with Crippen molar-refractivity contribution in [2.24, 2.45) is 0 Å². The summed E-state index contributed by atoms with van der Waals surface area (Å²) < 4.78 is 0. The van der Waals surface area contributed by atoms with Gasteiger partial charge in [-0.15, -0.1) is 0 Å². The maximum Gasteiger partial charge on any atom is 0.0424 e. The van der Waals surface area contributed by atoms with Gasteiger partial charge in [-0.05, 0) is 13.3 Å². The number of rotatable bonds is 5. The van der Waals surface area contributed by atoms with Crippen molar-refractivity contribution < 1.29 is 5.11 Å². The van der Waals surface area contributed by atoms with Crippen molar-refractivity contribution in [2.45, 2.75) is 51.2 Å². The van der Waals surface area contributed by atoms with Crippen LogP contribution in [0.1, 0.15) is 46.0 Å². The molecule has 0 aromatic heterocycles. The molecule has 0 fully saturated rings. The molecule has 1 unspecified atom stereocenters. The third kappa shape index (κ3) is 8.18. The highest BCUT2D eigenvalue weighted by Gasteiger charge is 2.10. The van der Waals surface area contributed by atoms with E-state index in [4.69, 9.17) is 0 Å². The van der Waals surface area contributed by atoms with Gasteiger partial charge in [0.2, 0.25) is 0 Å². The Balaban J connectivity index is 3.04. The largest absolute Gasteiger partial charge is 0.395 e. The highest BCUT2D eigenvalue weighted by atomic mass is 28.1. The Hall–Kier alpha value is 0.177. The molecule has 10 heavy (non-hydrogen) atoms. The predicted molar refractivity (Wildman–Crippen MR) is 49.3 cm³/mol. The van der Waals surface area contributed by atoms with Crippen LogP contribution in [-0.2, 0) is 0 Å². The lowest BCUT2D eigenvalue weighted by molar-refractivity contribution is 0.134. The summed E-state index contributed by atoms with van der Waals surface area (Å²) in [5.41, 5.74) is 0. The summed E-state index contributed by atoms with van der Waals surface area (Å²) in [6.07, 6.45) is 6.08. The van der Waals surface area contributed by atoms with Gasteiger partial charge in [0.15, 0.2) is 0 Å². The molecular formula is C8H20OSi. The average molecular weight is 160 g/mol. The molecule has 0 spiro atoms. The summed E-state index contributed by atoms with van der Waals surface area (Å²) in [6, 6.07) is 0. The molecule has 1 nitrogen and oxygen atoms in total. The van der Waals surface area contributed by atoms with Gasteiger partial charge in [0.25, 0.3) is 0 Å². The molecule has 0 radical (unpaired) electrons. The second-order valence-corrected chi connectivity index (χ2v) is 5.78. The fourth-order valence-electron chi connectivity index (χ4n) is 0.984. The molecule has 0 bridgehead atoms. The van der Waals surface area contributed by atoms with Gasteiger partial charge >= 0.3 is 0 Å². The molecule has 0 rings (SSSR count). The van der Waals surface area contributed by atoms with Gasteiger partial charge in [-0.2, -0.15) is 0 Å². The second-order valence-electron chi connectivity index (χ2n) is 3.62. The molecule has 1 N–H and O–H groups in total. The van der Waals surface area contributed by atoms with Crippen LogP contribution in [-0.4, -0.2) is 20.6 Å².